The third-order valence-electron chi connectivity index (χ3n) is 4.42. The van der Waals surface area contributed by atoms with Crippen molar-refractivity contribution in [2.24, 2.45) is 11.7 Å². The van der Waals surface area contributed by atoms with E-state index in [9.17, 15) is 4.79 Å². The van der Waals surface area contributed by atoms with E-state index < -0.39 is 0 Å². The summed E-state index contributed by atoms with van der Waals surface area (Å²) < 4.78 is 4.24. The van der Waals surface area contributed by atoms with Gasteiger partial charge in [0.05, 0.1) is 0 Å². The molecule has 2 heterocycles. The third kappa shape index (κ3) is 3.35. The van der Waals surface area contributed by atoms with E-state index in [-0.39, 0.29) is 12.0 Å². The Balaban J connectivity index is 1.59. The van der Waals surface area contributed by atoms with Gasteiger partial charge in [-0.15, -0.1) is 0 Å². The van der Waals surface area contributed by atoms with Gasteiger partial charge >= 0.3 is 0 Å². The van der Waals surface area contributed by atoms with Gasteiger partial charge in [0.15, 0.2) is 0 Å². The van der Waals surface area contributed by atoms with Crippen molar-refractivity contribution >= 4 is 22.6 Å². The van der Waals surface area contributed by atoms with Gasteiger partial charge in [0.2, 0.25) is 11.0 Å². The molecular weight excluding hydrogens is 286 g/mol. The zero-order chi connectivity index (χ0) is 14.8. The second-order valence-electron chi connectivity index (χ2n) is 6.06. The van der Waals surface area contributed by atoms with Gasteiger partial charge in [0.1, 0.15) is 5.82 Å². The number of hydrogen-bond acceptors (Lipinski definition) is 6. The Morgan fingerprint density at radius 2 is 2.14 bits per heavy atom. The Labute approximate surface area is 129 Å². The van der Waals surface area contributed by atoms with Crippen LogP contribution in [0.4, 0.5) is 5.13 Å². The van der Waals surface area contributed by atoms with Gasteiger partial charge in [0, 0.05) is 49.7 Å². The van der Waals surface area contributed by atoms with Crippen LogP contribution in [0.3, 0.4) is 0 Å². The van der Waals surface area contributed by atoms with Crippen LogP contribution in [-0.4, -0.2) is 52.4 Å². The molecular formula is C14H23N5OS. The van der Waals surface area contributed by atoms with Crippen molar-refractivity contribution in [3.8, 4) is 0 Å². The Kier molecular flexibility index (Phi) is 4.40. The fraction of sp³-hybridized carbons (Fsp3) is 0.786. The van der Waals surface area contributed by atoms with Crippen LogP contribution in [-0.2, 0) is 4.79 Å². The van der Waals surface area contributed by atoms with Crippen LogP contribution in [0.1, 0.15) is 31.5 Å². The topological polar surface area (TPSA) is 75.4 Å². The largest absolute Gasteiger partial charge is 0.345 e. The second-order valence-corrected chi connectivity index (χ2v) is 6.79. The maximum absolute atomic E-state index is 12.6. The van der Waals surface area contributed by atoms with E-state index in [0.29, 0.717) is 5.91 Å². The third-order valence-corrected chi connectivity index (χ3v) is 5.29. The molecule has 6 nitrogen and oxygen atoms in total. The predicted molar refractivity (Wildman–Crippen MR) is 83.4 cm³/mol. The van der Waals surface area contributed by atoms with E-state index in [2.05, 4.69) is 14.3 Å². The van der Waals surface area contributed by atoms with Crippen molar-refractivity contribution < 1.29 is 4.79 Å². The maximum Gasteiger partial charge on any atom is 0.225 e. The molecule has 1 saturated carbocycles. The van der Waals surface area contributed by atoms with Crippen LogP contribution in [0.5, 0.6) is 0 Å². The summed E-state index contributed by atoms with van der Waals surface area (Å²) in [5.74, 6) is 1.28. The number of hydrogen-bond donors (Lipinski definition) is 1. The molecule has 2 N–H and O–H groups in total. The monoisotopic (exact) mass is 309 g/mol. The van der Waals surface area contributed by atoms with Crippen molar-refractivity contribution in [1.82, 2.24) is 14.3 Å². The van der Waals surface area contributed by atoms with E-state index in [0.717, 1.165) is 62.8 Å². The molecule has 0 unspecified atom stereocenters. The lowest BCUT2D eigenvalue weighted by Gasteiger charge is -2.24. The lowest BCUT2D eigenvalue weighted by atomic mass is 10.1. The van der Waals surface area contributed by atoms with Crippen molar-refractivity contribution in [2.45, 2.75) is 38.6 Å². The molecule has 1 amide bonds. The molecule has 2 fully saturated rings. The van der Waals surface area contributed by atoms with Crippen molar-refractivity contribution in [3.63, 3.8) is 0 Å². The Bertz CT molecular complexity index is 505. The van der Waals surface area contributed by atoms with Crippen molar-refractivity contribution in [2.75, 3.05) is 31.1 Å². The number of rotatable bonds is 2. The van der Waals surface area contributed by atoms with Gasteiger partial charge < -0.3 is 15.5 Å². The van der Waals surface area contributed by atoms with Gasteiger partial charge in [0.25, 0.3) is 0 Å². The number of anilines is 1. The maximum atomic E-state index is 12.6. The molecule has 2 aliphatic rings. The first-order chi connectivity index (χ1) is 10.1. The highest BCUT2D eigenvalue weighted by Crippen LogP contribution is 2.27. The van der Waals surface area contributed by atoms with Crippen molar-refractivity contribution in [1.29, 1.82) is 0 Å². The van der Waals surface area contributed by atoms with Gasteiger partial charge in [-0.05, 0) is 32.6 Å². The summed E-state index contributed by atoms with van der Waals surface area (Å²) in [6.07, 6.45) is 3.79. The van der Waals surface area contributed by atoms with Crippen LogP contribution < -0.4 is 10.6 Å². The number of carbonyl (C=O) groups is 1. The van der Waals surface area contributed by atoms with Crippen LogP contribution >= 0.6 is 11.5 Å². The van der Waals surface area contributed by atoms with Gasteiger partial charge in [-0.1, -0.05) is 0 Å². The highest BCUT2D eigenvalue weighted by atomic mass is 32.1. The molecule has 116 valence electrons. The number of aromatic nitrogens is 2. The van der Waals surface area contributed by atoms with Gasteiger partial charge in [-0.3, -0.25) is 4.79 Å². The summed E-state index contributed by atoms with van der Waals surface area (Å²) in [7, 11) is 0. The van der Waals surface area contributed by atoms with Gasteiger partial charge in [-0.2, -0.15) is 4.37 Å². The summed E-state index contributed by atoms with van der Waals surface area (Å²) in [5, 5.41) is 0.977. The molecule has 0 radical (unpaired) electrons. The standard InChI is InChI=1S/C14H23N5OS/c1-10-16-14(21-17-10)19-6-2-5-18(7-8-19)13(20)11-3-4-12(15)9-11/h11-12H,2-9,15H2,1H3/t11-,12-/m1/s1. The molecule has 1 aromatic rings. The molecule has 1 aliphatic heterocycles. The van der Waals surface area contributed by atoms with E-state index >= 15 is 0 Å². The molecule has 0 aromatic carbocycles. The van der Waals surface area contributed by atoms with E-state index in [4.69, 9.17) is 5.73 Å². The lowest BCUT2D eigenvalue weighted by Crippen LogP contribution is -2.38. The van der Waals surface area contributed by atoms with Crippen LogP contribution in [0.25, 0.3) is 0 Å². The van der Waals surface area contributed by atoms with Crippen LogP contribution in [0.2, 0.25) is 0 Å². The highest BCUT2D eigenvalue weighted by molar-refractivity contribution is 7.09. The summed E-state index contributed by atoms with van der Waals surface area (Å²) >= 11 is 1.45. The van der Waals surface area contributed by atoms with Crippen molar-refractivity contribution in [3.05, 3.63) is 5.82 Å². The number of aryl methyl sites for hydroxylation is 1. The first-order valence-corrected chi connectivity index (χ1v) is 8.50. The van der Waals surface area contributed by atoms with E-state index in [1.165, 1.54) is 11.5 Å². The molecule has 1 saturated heterocycles. The highest BCUT2D eigenvalue weighted by Gasteiger charge is 2.31. The molecule has 1 aliphatic carbocycles. The molecule has 21 heavy (non-hydrogen) atoms. The predicted octanol–water partition coefficient (Wildman–Crippen LogP) is 1.01. The number of carbonyl (C=O) groups excluding carboxylic acids is 1. The average Bonchev–Trinajstić information content (AvgIpc) is 3.00. The average molecular weight is 309 g/mol. The zero-order valence-electron chi connectivity index (χ0n) is 12.5. The fourth-order valence-electron chi connectivity index (χ4n) is 3.24. The fourth-order valence-corrected chi connectivity index (χ4v) is 3.97. The summed E-state index contributed by atoms with van der Waals surface area (Å²) in [4.78, 5) is 21.3. The first-order valence-electron chi connectivity index (χ1n) is 7.73. The smallest absolute Gasteiger partial charge is 0.225 e. The molecule has 7 heteroatoms. The number of nitrogens with zero attached hydrogens (tertiary/aromatic N) is 4. The molecule has 0 bridgehead atoms. The second kappa shape index (κ2) is 6.27. The minimum absolute atomic E-state index is 0.148. The van der Waals surface area contributed by atoms with E-state index in [1.54, 1.807) is 0 Å². The lowest BCUT2D eigenvalue weighted by molar-refractivity contribution is -0.135. The Morgan fingerprint density at radius 1 is 1.29 bits per heavy atom. The molecule has 3 rings (SSSR count). The molecule has 0 spiro atoms. The van der Waals surface area contributed by atoms with Crippen LogP contribution in [0.15, 0.2) is 0 Å². The summed E-state index contributed by atoms with van der Waals surface area (Å²) in [6.45, 7) is 5.33. The minimum Gasteiger partial charge on any atom is -0.345 e. The number of amides is 1. The SMILES string of the molecule is Cc1nsc(N2CCCN(C(=O)[C@@H]3CC[C@@H](N)C3)CC2)n1. The first kappa shape index (κ1) is 14.7. The molecule has 2 atom stereocenters. The van der Waals surface area contributed by atoms with Crippen LogP contribution in [0, 0.1) is 12.8 Å². The van der Waals surface area contributed by atoms with Gasteiger partial charge in [-0.25, -0.2) is 4.98 Å². The Morgan fingerprint density at radius 3 is 2.81 bits per heavy atom. The summed E-state index contributed by atoms with van der Waals surface area (Å²) in [6, 6.07) is 0.215. The minimum atomic E-state index is 0.148. The summed E-state index contributed by atoms with van der Waals surface area (Å²) in [5.41, 5.74) is 5.93. The number of nitrogens with two attached hydrogens (primary N) is 1. The van der Waals surface area contributed by atoms with E-state index in [1.807, 2.05) is 11.8 Å². The normalized spacial score (nSPS) is 27.0. The Hall–Kier alpha value is -1.21. The quantitative estimate of drug-likeness (QED) is 0.882. The zero-order valence-corrected chi connectivity index (χ0v) is 13.3. The molecule has 1 aromatic heterocycles.